The largest absolute Gasteiger partial charge is 0.383 e. The van der Waals surface area contributed by atoms with Gasteiger partial charge in [-0.1, -0.05) is 32.0 Å². The van der Waals surface area contributed by atoms with E-state index in [0.717, 1.165) is 41.9 Å². The molecule has 0 atom stereocenters. The first-order chi connectivity index (χ1) is 10.2. The Morgan fingerprint density at radius 2 is 1.71 bits per heavy atom. The lowest BCUT2D eigenvalue weighted by atomic mass is 10.3. The standard InChI is InChI=1S/C15H25N3S3/c1-4-17(15(19)18(20-5-2)21-6-3)13-12-16-14-10-8-7-9-11-14/h7-11,16H,4-6,12-13H2,1-3H3. The first-order valence-corrected chi connectivity index (χ1v) is 9.66. The van der Waals surface area contributed by atoms with Crippen LogP contribution in [0, 0.1) is 0 Å². The van der Waals surface area contributed by atoms with Crippen LogP contribution in [0.25, 0.3) is 0 Å². The van der Waals surface area contributed by atoms with Crippen LogP contribution in [0.15, 0.2) is 30.3 Å². The van der Waals surface area contributed by atoms with Crippen molar-refractivity contribution in [2.24, 2.45) is 0 Å². The summed E-state index contributed by atoms with van der Waals surface area (Å²) < 4.78 is 2.17. The van der Waals surface area contributed by atoms with Gasteiger partial charge in [0.05, 0.1) is 0 Å². The molecule has 1 aromatic carbocycles. The van der Waals surface area contributed by atoms with Crippen LogP contribution in [-0.4, -0.2) is 44.9 Å². The van der Waals surface area contributed by atoms with Crippen molar-refractivity contribution in [1.82, 2.24) is 8.61 Å². The number of anilines is 1. The highest BCUT2D eigenvalue weighted by molar-refractivity contribution is 8.13. The summed E-state index contributed by atoms with van der Waals surface area (Å²) in [6.45, 7) is 9.20. The molecule has 1 aromatic rings. The maximum Gasteiger partial charge on any atom is 0.192 e. The molecular weight excluding hydrogens is 318 g/mol. The van der Waals surface area contributed by atoms with E-state index in [-0.39, 0.29) is 0 Å². The van der Waals surface area contributed by atoms with Gasteiger partial charge in [0.25, 0.3) is 0 Å². The minimum Gasteiger partial charge on any atom is -0.383 e. The van der Waals surface area contributed by atoms with Crippen molar-refractivity contribution in [3.8, 4) is 0 Å². The van der Waals surface area contributed by atoms with E-state index in [0.29, 0.717) is 0 Å². The highest BCUT2D eigenvalue weighted by atomic mass is 32.2. The molecule has 1 N–H and O–H groups in total. The molecule has 1 rings (SSSR count). The van der Waals surface area contributed by atoms with E-state index in [4.69, 9.17) is 12.2 Å². The number of hydrogen-bond donors (Lipinski definition) is 1. The highest BCUT2D eigenvalue weighted by Gasteiger charge is 2.15. The monoisotopic (exact) mass is 343 g/mol. The van der Waals surface area contributed by atoms with Crippen LogP contribution in [0.3, 0.4) is 0 Å². The van der Waals surface area contributed by atoms with Crippen molar-refractivity contribution >= 4 is 46.9 Å². The third-order valence-electron chi connectivity index (χ3n) is 2.79. The molecule has 0 heterocycles. The van der Waals surface area contributed by atoms with Crippen molar-refractivity contribution in [3.63, 3.8) is 0 Å². The molecule has 0 aliphatic heterocycles. The Bertz CT molecular complexity index is 394. The zero-order chi connectivity index (χ0) is 15.5. The van der Waals surface area contributed by atoms with Gasteiger partial charge < -0.3 is 10.2 Å². The van der Waals surface area contributed by atoms with E-state index >= 15 is 0 Å². The molecule has 0 bridgehead atoms. The number of nitrogens with zero attached hydrogens (tertiary/aromatic N) is 2. The summed E-state index contributed by atoms with van der Waals surface area (Å²) in [6.07, 6.45) is 0. The number of para-hydroxylation sites is 1. The molecule has 0 saturated heterocycles. The molecule has 0 aromatic heterocycles. The molecule has 0 radical (unpaired) electrons. The van der Waals surface area contributed by atoms with Gasteiger partial charge in [-0.15, -0.1) is 0 Å². The zero-order valence-corrected chi connectivity index (χ0v) is 15.5. The average molecular weight is 344 g/mol. The Hall–Kier alpha value is -0.590. The fourth-order valence-electron chi connectivity index (χ4n) is 1.78. The summed E-state index contributed by atoms with van der Waals surface area (Å²) in [5, 5.41) is 4.36. The van der Waals surface area contributed by atoms with Gasteiger partial charge in [0.1, 0.15) is 0 Å². The van der Waals surface area contributed by atoms with Gasteiger partial charge in [0.2, 0.25) is 0 Å². The Balaban J connectivity index is 2.46. The molecule has 118 valence electrons. The molecule has 0 amide bonds. The van der Waals surface area contributed by atoms with Gasteiger partial charge in [0, 0.05) is 36.8 Å². The second-order valence-electron chi connectivity index (χ2n) is 4.25. The molecule has 0 aliphatic rings. The third kappa shape index (κ3) is 6.80. The second-order valence-corrected chi connectivity index (χ2v) is 7.25. The van der Waals surface area contributed by atoms with E-state index in [1.807, 2.05) is 18.2 Å². The smallest absolute Gasteiger partial charge is 0.192 e. The summed E-state index contributed by atoms with van der Waals surface area (Å²) in [7, 11) is 0. The lowest BCUT2D eigenvalue weighted by Gasteiger charge is -2.30. The third-order valence-corrected chi connectivity index (χ3v) is 5.42. The Morgan fingerprint density at radius 1 is 1.10 bits per heavy atom. The number of benzene rings is 1. The van der Waals surface area contributed by atoms with E-state index in [1.165, 1.54) is 0 Å². The van der Waals surface area contributed by atoms with E-state index in [1.54, 1.807) is 23.9 Å². The summed E-state index contributed by atoms with van der Waals surface area (Å²) in [5.74, 6) is 2.07. The van der Waals surface area contributed by atoms with Crippen molar-refractivity contribution in [2.45, 2.75) is 20.8 Å². The van der Waals surface area contributed by atoms with Gasteiger partial charge in [-0.25, -0.2) is 3.71 Å². The Kier molecular flexibility index (Phi) is 9.70. The molecule has 6 heteroatoms. The topological polar surface area (TPSA) is 18.5 Å². The maximum absolute atomic E-state index is 5.64. The molecular formula is C15H25N3S3. The first kappa shape index (κ1) is 18.5. The Morgan fingerprint density at radius 3 is 2.24 bits per heavy atom. The zero-order valence-electron chi connectivity index (χ0n) is 13.0. The van der Waals surface area contributed by atoms with Crippen LogP contribution in [0.4, 0.5) is 5.69 Å². The predicted molar refractivity (Wildman–Crippen MR) is 103 cm³/mol. The molecule has 0 saturated carbocycles. The number of likely N-dealkylation sites (N-methyl/N-ethyl adjacent to an activating group) is 1. The second kappa shape index (κ2) is 11.0. The highest BCUT2D eigenvalue weighted by Crippen LogP contribution is 2.23. The predicted octanol–water partition coefficient (Wildman–Crippen LogP) is 4.34. The van der Waals surface area contributed by atoms with E-state index in [9.17, 15) is 0 Å². The number of thiocarbonyl (C=S) groups is 1. The molecule has 21 heavy (non-hydrogen) atoms. The van der Waals surface area contributed by atoms with Crippen LogP contribution in [0.5, 0.6) is 0 Å². The van der Waals surface area contributed by atoms with Crippen LogP contribution >= 0.6 is 36.1 Å². The summed E-state index contributed by atoms with van der Waals surface area (Å²) >= 11 is 9.19. The van der Waals surface area contributed by atoms with Crippen molar-refractivity contribution < 1.29 is 0 Å². The van der Waals surface area contributed by atoms with Gasteiger partial charge >= 0.3 is 0 Å². The van der Waals surface area contributed by atoms with E-state index < -0.39 is 0 Å². The Labute approximate surface area is 143 Å². The number of hydrogen-bond acceptors (Lipinski definition) is 4. The minimum atomic E-state index is 0.888. The van der Waals surface area contributed by atoms with Crippen LogP contribution in [-0.2, 0) is 0 Å². The SMILES string of the molecule is CCSN(SCC)C(=S)N(CC)CCNc1ccccc1. The molecule has 3 nitrogen and oxygen atoms in total. The molecule has 0 unspecified atom stereocenters. The molecule has 0 aliphatic carbocycles. The lowest BCUT2D eigenvalue weighted by Crippen LogP contribution is -2.39. The van der Waals surface area contributed by atoms with Crippen LogP contribution in [0.1, 0.15) is 20.8 Å². The summed E-state index contributed by atoms with van der Waals surface area (Å²) in [4.78, 5) is 2.25. The maximum atomic E-state index is 5.64. The molecule has 0 fully saturated rings. The molecule has 0 spiro atoms. The summed E-state index contributed by atoms with van der Waals surface area (Å²) in [5.41, 5.74) is 1.15. The number of nitrogens with one attached hydrogen (secondary N) is 1. The number of rotatable bonds is 9. The van der Waals surface area contributed by atoms with Gasteiger partial charge in [-0.2, -0.15) is 0 Å². The van der Waals surface area contributed by atoms with Crippen LogP contribution < -0.4 is 5.32 Å². The fraction of sp³-hybridized carbons (Fsp3) is 0.533. The van der Waals surface area contributed by atoms with Gasteiger partial charge in [-0.3, -0.25) is 0 Å². The lowest BCUT2D eigenvalue weighted by molar-refractivity contribution is 0.446. The summed E-state index contributed by atoms with van der Waals surface area (Å²) in [6, 6.07) is 10.3. The van der Waals surface area contributed by atoms with Gasteiger partial charge in [0.15, 0.2) is 5.11 Å². The minimum absolute atomic E-state index is 0.888. The fourth-order valence-corrected chi connectivity index (χ4v) is 4.17. The first-order valence-electron chi connectivity index (χ1n) is 7.36. The van der Waals surface area contributed by atoms with Crippen LogP contribution in [0.2, 0.25) is 0 Å². The van der Waals surface area contributed by atoms with Crippen molar-refractivity contribution in [2.75, 3.05) is 36.5 Å². The normalized spacial score (nSPS) is 10.2. The van der Waals surface area contributed by atoms with Crippen molar-refractivity contribution in [3.05, 3.63) is 30.3 Å². The van der Waals surface area contributed by atoms with Crippen molar-refractivity contribution in [1.29, 1.82) is 0 Å². The van der Waals surface area contributed by atoms with Gasteiger partial charge in [-0.05, 0) is 55.2 Å². The average Bonchev–Trinajstić information content (AvgIpc) is 2.52. The quantitative estimate of drug-likeness (QED) is 0.527. The van der Waals surface area contributed by atoms with E-state index in [2.05, 4.69) is 46.8 Å².